The standard InChI is InChI=1S/C14H20ClN3O2/c15-13-3-2-11(19)10-12(13)14(20)18-6-1-5-17(7-4-16)8-9-18/h2-3,10,19H,1,4-9,16H2. The van der Waals surface area contributed by atoms with Gasteiger partial charge in [-0.1, -0.05) is 11.6 Å². The van der Waals surface area contributed by atoms with Crippen LogP contribution in [0.3, 0.4) is 0 Å². The van der Waals surface area contributed by atoms with Crippen molar-refractivity contribution in [3.8, 4) is 5.75 Å². The number of halogens is 1. The highest BCUT2D eigenvalue weighted by atomic mass is 35.5. The lowest BCUT2D eigenvalue weighted by Gasteiger charge is -2.22. The van der Waals surface area contributed by atoms with Crippen LogP contribution in [0.25, 0.3) is 0 Å². The van der Waals surface area contributed by atoms with Crippen LogP contribution in [0.2, 0.25) is 5.02 Å². The van der Waals surface area contributed by atoms with Crippen LogP contribution >= 0.6 is 11.6 Å². The van der Waals surface area contributed by atoms with E-state index < -0.39 is 0 Å². The van der Waals surface area contributed by atoms with Crippen molar-refractivity contribution in [2.45, 2.75) is 6.42 Å². The molecule has 3 N–H and O–H groups in total. The third kappa shape index (κ3) is 3.62. The average molecular weight is 298 g/mol. The number of carbonyl (C=O) groups is 1. The number of amides is 1. The third-order valence-electron chi connectivity index (χ3n) is 3.50. The highest BCUT2D eigenvalue weighted by molar-refractivity contribution is 6.33. The molecule has 2 rings (SSSR count). The molecule has 6 heteroatoms. The number of nitrogens with zero attached hydrogens (tertiary/aromatic N) is 2. The number of nitrogens with two attached hydrogens (primary N) is 1. The maximum Gasteiger partial charge on any atom is 0.255 e. The minimum atomic E-state index is -0.125. The fraction of sp³-hybridized carbons (Fsp3) is 0.500. The van der Waals surface area contributed by atoms with Gasteiger partial charge < -0.3 is 20.6 Å². The topological polar surface area (TPSA) is 69.8 Å². The molecule has 0 bridgehead atoms. The molecule has 1 aliphatic rings. The molecular weight excluding hydrogens is 278 g/mol. The Morgan fingerprint density at radius 3 is 2.85 bits per heavy atom. The van der Waals surface area contributed by atoms with Crippen LogP contribution in [-0.4, -0.2) is 60.1 Å². The fourth-order valence-electron chi connectivity index (χ4n) is 2.43. The minimum Gasteiger partial charge on any atom is -0.508 e. The maximum atomic E-state index is 12.5. The van der Waals surface area contributed by atoms with Gasteiger partial charge >= 0.3 is 0 Å². The van der Waals surface area contributed by atoms with Crippen molar-refractivity contribution >= 4 is 17.5 Å². The molecule has 0 spiro atoms. The van der Waals surface area contributed by atoms with Gasteiger partial charge in [0.2, 0.25) is 0 Å². The second kappa shape index (κ2) is 6.92. The number of rotatable bonds is 3. The normalized spacial score (nSPS) is 17.0. The van der Waals surface area contributed by atoms with Gasteiger partial charge in [-0.05, 0) is 31.2 Å². The number of carbonyl (C=O) groups excluding carboxylic acids is 1. The maximum absolute atomic E-state index is 12.5. The molecule has 0 radical (unpaired) electrons. The summed E-state index contributed by atoms with van der Waals surface area (Å²) in [7, 11) is 0. The first kappa shape index (κ1) is 15.1. The van der Waals surface area contributed by atoms with Crippen LogP contribution in [0.4, 0.5) is 0 Å². The predicted molar refractivity (Wildman–Crippen MR) is 79.1 cm³/mol. The van der Waals surface area contributed by atoms with Gasteiger partial charge in [0.1, 0.15) is 5.75 Å². The molecule has 20 heavy (non-hydrogen) atoms. The van der Waals surface area contributed by atoms with E-state index in [4.69, 9.17) is 17.3 Å². The molecule has 110 valence electrons. The predicted octanol–water partition coefficient (Wildman–Crippen LogP) is 1.15. The number of hydrogen-bond donors (Lipinski definition) is 2. The number of aromatic hydroxyl groups is 1. The summed E-state index contributed by atoms with van der Waals surface area (Å²) in [6.45, 7) is 4.62. The molecular formula is C14H20ClN3O2. The van der Waals surface area contributed by atoms with Gasteiger partial charge in [0.25, 0.3) is 5.91 Å². The molecule has 0 aromatic heterocycles. The van der Waals surface area contributed by atoms with E-state index in [0.717, 1.165) is 26.1 Å². The van der Waals surface area contributed by atoms with Crippen molar-refractivity contribution in [3.05, 3.63) is 28.8 Å². The van der Waals surface area contributed by atoms with Gasteiger partial charge in [-0.15, -0.1) is 0 Å². The second-order valence-electron chi connectivity index (χ2n) is 4.94. The zero-order valence-electron chi connectivity index (χ0n) is 11.4. The fourth-order valence-corrected chi connectivity index (χ4v) is 2.63. The quantitative estimate of drug-likeness (QED) is 0.878. The lowest BCUT2D eigenvalue weighted by Crippen LogP contribution is -2.36. The van der Waals surface area contributed by atoms with E-state index >= 15 is 0 Å². The van der Waals surface area contributed by atoms with Gasteiger partial charge in [-0.2, -0.15) is 0 Å². The summed E-state index contributed by atoms with van der Waals surface area (Å²) in [5, 5.41) is 9.87. The van der Waals surface area contributed by atoms with Crippen LogP contribution < -0.4 is 5.73 Å². The largest absolute Gasteiger partial charge is 0.508 e. The monoisotopic (exact) mass is 297 g/mol. The molecule has 1 heterocycles. The minimum absolute atomic E-state index is 0.0531. The first-order valence-corrected chi connectivity index (χ1v) is 7.20. The first-order valence-electron chi connectivity index (χ1n) is 6.82. The summed E-state index contributed by atoms with van der Waals surface area (Å²) in [6, 6.07) is 4.44. The molecule has 5 nitrogen and oxygen atoms in total. The molecule has 1 aromatic rings. The van der Waals surface area contributed by atoms with Crippen LogP contribution in [-0.2, 0) is 0 Å². The molecule has 1 fully saturated rings. The SMILES string of the molecule is NCCN1CCCN(C(=O)c2cc(O)ccc2Cl)CC1. The molecule has 0 saturated carbocycles. The van der Waals surface area contributed by atoms with E-state index in [1.54, 1.807) is 11.0 Å². The van der Waals surface area contributed by atoms with Crippen LogP contribution in [0.5, 0.6) is 5.75 Å². The van der Waals surface area contributed by atoms with E-state index in [9.17, 15) is 9.90 Å². The van der Waals surface area contributed by atoms with E-state index in [-0.39, 0.29) is 11.7 Å². The van der Waals surface area contributed by atoms with Gasteiger partial charge in [0, 0.05) is 32.7 Å². The van der Waals surface area contributed by atoms with Crippen molar-refractivity contribution in [3.63, 3.8) is 0 Å². The van der Waals surface area contributed by atoms with Crippen molar-refractivity contribution in [1.82, 2.24) is 9.80 Å². The van der Waals surface area contributed by atoms with E-state index in [0.29, 0.717) is 30.2 Å². The van der Waals surface area contributed by atoms with Gasteiger partial charge in [0.15, 0.2) is 0 Å². The number of phenols is 1. The molecule has 1 aromatic carbocycles. The van der Waals surface area contributed by atoms with Crippen molar-refractivity contribution in [2.75, 3.05) is 39.3 Å². The summed E-state index contributed by atoms with van der Waals surface area (Å²) in [4.78, 5) is 16.5. The molecule has 0 unspecified atom stereocenters. The summed E-state index contributed by atoms with van der Waals surface area (Å²) in [5.74, 6) is -0.0715. The Balaban J connectivity index is 2.07. The summed E-state index contributed by atoms with van der Waals surface area (Å²) in [6.07, 6.45) is 0.919. The third-order valence-corrected chi connectivity index (χ3v) is 3.83. The summed E-state index contributed by atoms with van der Waals surface area (Å²) >= 11 is 6.04. The Bertz CT molecular complexity index is 481. The first-order chi connectivity index (χ1) is 9.61. The Morgan fingerprint density at radius 2 is 2.10 bits per heavy atom. The lowest BCUT2D eigenvalue weighted by molar-refractivity contribution is 0.0761. The zero-order valence-corrected chi connectivity index (χ0v) is 12.1. The van der Waals surface area contributed by atoms with Gasteiger partial charge in [-0.3, -0.25) is 4.79 Å². The van der Waals surface area contributed by atoms with Gasteiger partial charge in [-0.25, -0.2) is 0 Å². The molecule has 1 aliphatic heterocycles. The number of hydrogen-bond acceptors (Lipinski definition) is 4. The molecule has 0 atom stereocenters. The molecule has 1 saturated heterocycles. The summed E-state index contributed by atoms with van der Waals surface area (Å²) < 4.78 is 0. The number of phenolic OH excluding ortho intramolecular Hbond substituents is 1. The number of benzene rings is 1. The molecule has 1 amide bonds. The average Bonchev–Trinajstić information content (AvgIpc) is 2.67. The second-order valence-corrected chi connectivity index (χ2v) is 5.35. The van der Waals surface area contributed by atoms with Crippen molar-refractivity contribution < 1.29 is 9.90 Å². The van der Waals surface area contributed by atoms with E-state index in [2.05, 4.69) is 4.90 Å². The summed E-state index contributed by atoms with van der Waals surface area (Å²) in [5.41, 5.74) is 5.93. The highest BCUT2D eigenvalue weighted by Gasteiger charge is 2.22. The zero-order chi connectivity index (χ0) is 14.5. The van der Waals surface area contributed by atoms with E-state index in [1.807, 2.05) is 0 Å². The Labute approximate surface area is 123 Å². The van der Waals surface area contributed by atoms with Crippen molar-refractivity contribution in [1.29, 1.82) is 0 Å². The molecule has 0 aliphatic carbocycles. The van der Waals surface area contributed by atoms with Crippen LogP contribution in [0.1, 0.15) is 16.8 Å². The Hall–Kier alpha value is -1.30. The van der Waals surface area contributed by atoms with E-state index in [1.165, 1.54) is 12.1 Å². The van der Waals surface area contributed by atoms with Crippen LogP contribution in [0, 0.1) is 0 Å². The Morgan fingerprint density at radius 1 is 1.30 bits per heavy atom. The van der Waals surface area contributed by atoms with Crippen LogP contribution in [0.15, 0.2) is 18.2 Å². The Kier molecular flexibility index (Phi) is 5.23. The highest BCUT2D eigenvalue weighted by Crippen LogP contribution is 2.23. The van der Waals surface area contributed by atoms with Crippen molar-refractivity contribution in [2.24, 2.45) is 5.73 Å². The smallest absolute Gasteiger partial charge is 0.255 e. The lowest BCUT2D eigenvalue weighted by atomic mass is 10.2. The van der Waals surface area contributed by atoms with Gasteiger partial charge in [0.05, 0.1) is 10.6 Å².